The second kappa shape index (κ2) is 8.43. The molecular formula is C13H18ClN3O4. The van der Waals surface area contributed by atoms with Crippen molar-refractivity contribution in [1.82, 2.24) is 4.90 Å². The number of hydrogen-bond donors (Lipinski definition) is 2. The molecule has 21 heavy (non-hydrogen) atoms. The van der Waals surface area contributed by atoms with E-state index >= 15 is 0 Å². The molecule has 2 N–H and O–H groups in total. The Bertz CT molecular complexity index is 480. The van der Waals surface area contributed by atoms with Gasteiger partial charge in [0, 0.05) is 0 Å². The smallest absolute Gasteiger partial charge is 0.291 e. The lowest BCUT2D eigenvalue weighted by Gasteiger charge is -2.15. The third kappa shape index (κ3) is 6.42. The van der Waals surface area contributed by atoms with Crippen LogP contribution < -0.4 is 5.32 Å². The predicted molar refractivity (Wildman–Crippen MR) is 79.3 cm³/mol. The molecule has 0 unspecified atom stereocenters. The number of nitrogens with zero attached hydrogens (tertiary/aromatic N) is 2. The van der Waals surface area contributed by atoms with Gasteiger partial charge in [0.1, 0.15) is 0 Å². The van der Waals surface area contributed by atoms with E-state index in [0.717, 1.165) is 24.3 Å². The molecular weight excluding hydrogens is 298 g/mol. The van der Waals surface area contributed by atoms with E-state index in [9.17, 15) is 4.79 Å². The van der Waals surface area contributed by atoms with Gasteiger partial charge in [-0.25, -0.2) is 0 Å². The van der Waals surface area contributed by atoms with Crippen LogP contribution in [0.1, 0.15) is 18.4 Å². The van der Waals surface area contributed by atoms with Gasteiger partial charge in [-0.1, -0.05) is 23.7 Å². The van der Waals surface area contributed by atoms with Gasteiger partial charge in [-0.2, -0.15) is 0 Å². The fraction of sp³-hybridized carbons (Fsp3) is 0.462. The molecule has 1 saturated heterocycles. The van der Waals surface area contributed by atoms with Gasteiger partial charge >= 0.3 is 0 Å². The fourth-order valence-electron chi connectivity index (χ4n) is 2.11. The van der Waals surface area contributed by atoms with Crippen LogP contribution in [0, 0.1) is 17.0 Å². The molecule has 1 fully saturated rings. The zero-order valence-corrected chi connectivity index (χ0v) is 12.5. The summed E-state index contributed by atoms with van der Waals surface area (Å²) in [5, 5.41) is 17.1. The number of aryl methyl sites for hydroxylation is 1. The molecule has 8 heteroatoms. The Kier molecular flexibility index (Phi) is 6.90. The van der Waals surface area contributed by atoms with Crippen LogP contribution in [0.15, 0.2) is 18.2 Å². The largest absolute Gasteiger partial charge is 0.328 e. The summed E-state index contributed by atoms with van der Waals surface area (Å²) < 4.78 is 0. The average molecular weight is 316 g/mol. The second-order valence-electron chi connectivity index (χ2n) is 4.70. The van der Waals surface area contributed by atoms with Gasteiger partial charge in [0.2, 0.25) is 5.91 Å². The molecule has 0 bridgehead atoms. The maximum absolute atomic E-state index is 11.9. The molecule has 0 radical (unpaired) electrons. The SMILES string of the molecule is Cc1cccc(Cl)c1NC(=O)CN1CCCC1.O=[N+]([O-])O. The van der Waals surface area contributed by atoms with Crippen LogP contribution in [-0.4, -0.2) is 40.7 Å². The van der Waals surface area contributed by atoms with Crippen molar-refractivity contribution in [2.75, 3.05) is 25.0 Å². The number of para-hydroxylation sites is 1. The molecule has 0 atom stereocenters. The number of anilines is 1. The summed E-state index contributed by atoms with van der Waals surface area (Å²) in [7, 11) is 0. The Hall–Kier alpha value is -1.86. The number of halogens is 1. The lowest BCUT2D eigenvalue weighted by Crippen LogP contribution is -2.31. The van der Waals surface area contributed by atoms with Crippen molar-refractivity contribution in [2.45, 2.75) is 19.8 Å². The molecule has 1 aromatic rings. The lowest BCUT2D eigenvalue weighted by atomic mass is 10.2. The number of rotatable bonds is 3. The Balaban J connectivity index is 0.000000491. The Morgan fingerprint density at radius 3 is 2.57 bits per heavy atom. The summed E-state index contributed by atoms with van der Waals surface area (Å²) in [6.07, 6.45) is 2.39. The normalized spacial score (nSPS) is 14.2. The summed E-state index contributed by atoms with van der Waals surface area (Å²) >= 11 is 6.06. The summed E-state index contributed by atoms with van der Waals surface area (Å²) in [5.74, 6) is 0.0168. The first-order chi connectivity index (χ1) is 9.90. The van der Waals surface area contributed by atoms with Gasteiger partial charge in [0.25, 0.3) is 5.09 Å². The first kappa shape index (κ1) is 17.2. The van der Waals surface area contributed by atoms with Crippen LogP contribution >= 0.6 is 11.6 Å². The van der Waals surface area contributed by atoms with E-state index in [2.05, 4.69) is 10.2 Å². The highest BCUT2D eigenvalue weighted by Crippen LogP contribution is 2.25. The third-order valence-corrected chi connectivity index (χ3v) is 3.37. The molecule has 2 rings (SSSR count). The molecule has 0 saturated carbocycles. The summed E-state index contributed by atoms with van der Waals surface area (Å²) in [5.41, 5.74) is 1.73. The highest BCUT2D eigenvalue weighted by molar-refractivity contribution is 6.33. The monoisotopic (exact) mass is 315 g/mol. The highest BCUT2D eigenvalue weighted by atomic mass is 35.5. The van der Waals surface area contributed by atoms with E-state index in [0.29, 0.717) is 11.6 Å². The molecule has 0 spiro atoms. The number of nitrogens with one attached hydrogen (secondary N) is 1. The maximum atomic E-state index is 11.9. The Labute approximate surface area is 127 Å². The minimum Gasteiger partial charge on any atom is -0.328 e. The van der Waals surface area contributed by atoms with E-state index in [1.807, 2.05) is 19.1 Å². The quantitative estimate of drug-likeness (QED) is 0.659. The minimum atomic E-state index is -1.50. The zero-order valence-electron chi connectivity index (χ0n) is 11.7. The second-order valence-corrected chi connectivity index (χ2v) is 5.11. The maximum Gasteiger partial charge on any atom is 0.291 e. The minimum absolute atomic E-state index is 0.0168. The van der Waals surface area contributed by atoms with Crippen LogP contribution in [-0.2, 0) is 4.79 Å². The van der Waals surface area contributed by atoms with Gasteiger partial charge in [-0.3, -0.25) is 9.69 Å². The van der Waals surface area contributed by atoms with Crippen LogP contribution in [0.3, 0.4) is 0 Å². The highest BCUT2D eigenvalue weighted by Gasteiger charge is 2.16. The van der Waals surface area contributed by atoms with Crippen LogP contribution in [0.25, 0.3) is 0 Å². The van der Waals surface area contributed by atoms with Crippen molar-refractivity contribution in [1.29, 1.82) is 0 Å². The van der Waals surface area contributed by atoms with Crippen molar-refractivity contribution in [3.05, 3.63) is 38.9 Å². The van der Waals surface area contributed by atoms with Gasteiger partial charge < -0.3 is 10.5 Å². The zero-order chi connectivity index (χ0) is 15.8. The number of amides is 1. The van der Waals surface area contributed by atoms with Crippen molar-refractivity contribution >= 4 is 23.2 Å². The van der Waals surface area contributed by atoms with Crippen LogP contribution in [0.5, 0.6) is 0 Å². The van der Waals surface area contributed by atoms with Crippen molar-refractivity contribution in [2.24, 2.45) is 0 Å². The number of benzene rings is 1. The van der Waals surface area contributed by atoms with Gasteiger partial charge in [0.15, 0.2) is 0 Å². The van der Waals surface area contributed by atoms with Gasteiger partial charge in [-0.15, -0.1) is 10.1 Å². The summed E-state index contributed by atoms with van der Waals surface area (Å²) in [4.78, 5) is 22.4. The van der Waals surface area contributed by atoms with Gasteiger partial charge in [0.05, 0.1) is 17.3 Å². The average Bonchev–Trinajstić information content (AvgIpc) is 2.86. The van der Waals surface area contributed by atoms with E-state index < -0.39 is 5.09 Å². The standard InChI is InChI=1S/C13H17ClN2O.HNO3/c1-10-5-4-6-11(14)13(10)15-12(17)9-16-7-2-3-8-16;2-1(3)4/h4-6H,2-3,7-9H2,1H3,(H,15,17);(H,2,3,4). The summed E-state index contributed by atoms with van der Waals surface area (Å²) in [6, 6.07) is 5.62. The molecule has 7 nitrogen and oxygen atoms in total. The van der Waals surface area contributed by atoms with E-state index in [1.54, 1.807) is 6.07 Å². The number of carbonyl (C=O) groups excluding carboxylic acids is 1. The molecule has 0 aromatic heterocycles. The molecule has 0 aliphatic carbocycles. The van der Waals surface area contributed by atoms with E-state index in [4.69, 9.17) is 26.9 Å². The number of hydrogen-bond acceptors (Lipinski definition) is 4. The number of likely N-dealkylation sites (tertiary alicyclic amines) is 1. The molecule has 1 aliphatic rings. The molecule has 1 heterocycles. The Morgan fingerprint density at radius 1 is 1.48 bits per heavy atom. The Morgan fingerprint density at radius 2 is 2.05 bits per heavy atom. The molecule has 1 aromatic carbocycles. The van der Waals surface area contributed by atoms with Crippen molar-refractivity contribution < 1.29 is 15.1 Å². The lowest BCUT2D eigenvalue weighted by molar-refractivity contribution is -0.742. The van der Waals surface area contributed by atoms with Crippen molar-refractivity contribution in [3.8, 4) is 0 Å². The third-order valence-electron chi connectivity index (χ3n) is 3.05. The topological polar surface area (TPSA) is 95.7 Å². The fourth-order valence-corrected chi connectivity index (χ4v) is 2.38. The van der Waals surface area contributed by atoms with Crippen LogP contribution in [0.4, 0.5) is 5.69 Å². The number of carbonyl (C=O) groups is 1. The summed E-state index contributed by atoms with van der Waals surface area (Å²) in [6.45, 7) is 4.45. The van der Waals surface area contributed by atoms with Gasteiger partial charge in [-0.05, 0) is 44.5 Å². The molecule has 1 aliphatic heterocycles. The van der Waals surface area contributed by atoms with E-state index in [1.165, 1.54) is 12.8 Å². The van der Waals surface area contributed by atoms with Crippen molar-refractivity contribution in [3.63, 3.8) is 0 Å². The van der Waals surface area contributed by atoms with Crippen LogP contribution in [0.2, 0.25) is 5.02 Å². The predicted octanol–water partition coefficient (Wildman–Crippen LogP) is 2.34. The molecule has 1 amide bonds. The van der Waals surface area contributed by atoms with E-state index in [-0.39, 0.29) is 5.91 Å². The first-order valence-electron chi connectivity index (χ1n) is 6.50. The first-order valence-corrected chi connectivity index (χ1v) is 6.88. The molecule has 116 valence electrons.